The van der Waals surface area contributed by atoms with Gasteiger partial charge in [-0.05, 0) is 61.3 Å². The number of fused-ring (bicyclic) bond motifs is 2. The number of hydrogen-bond acceptors (Lipinski definition) is 4. The number of carbonyl (C=O) groups is 1. The Bertz CT molecular complexity index is 1130. The monoisotopic (exact) mass is 406 g/mol. The van der Waals surface area contributed by atoms with Crippen LogP contribution in [-0.2, 0) is 4.79 Å². The first-order valence-electron chi connectivity index (χ1n) is 10.0. The molecule has 2 aliphatic carbocycles. The fraction of sp³-hybridized carbons (Fsp3) is 0.348. The molecule has 5 nitrogen and oxygen atoms in total. The number of nitrogens with zero attached hydrogens (tertiary/aromatic N) is 2. The smallest absolute Gasteiger partial charge is 0.229 e. The topological polar surface area (TPSA) is 80.9 Å². The van der Waals surface area contributed by atoms with Crippen LogP contribution >= 0.6 is 11.6 Å². The molecule has 1 aromatic carbocycles. The minimum atomic E-state index is 0.0714. The molecule has 1 amide bonds. The van der Waals surface area contributed by atoms with Gasteiger partial charge in [0.15, 0.2) is 0 Å². The number of hydrogen-bond donors (Lipinski definition) is 2. The van der Waals surface area contributed by atoms with Crippen molar-refractivity contribution in [2.45, 2.75) is 26.7 Å². The second kappa shape index (κ2) is 6.70. The summed E-state index contributed by atoms with van der Waals surface area (Å²) in [6.45, 7) is 4.28. The largest absolute Gasteiger partial charge is 0.398 e. The van der Waals surface area contributed by atoms with Crippen molar-refractivity contribution in [1.82, 2.24) is 9.97 Å². The molecule has 2 fully saturated rings. The van der Waals surface area contributed by atoms with Crippen LogP contribution in [0.2, 0.25) is 5.02 Å². The normalized spacial score (nSPS) is 25.1. The number of pyridine rings is 2. The quantitative estimate of drug-likeness (QED) is 0.595. The molecular weight excluding hydrogens is 384 g/mol. The van der Waals surface area contributed by atoms with E-state index in [1.165, 1.54) is 0 Å². The van der Waals surface area contributed by atoms with Gasteiger partial charge in [-0.25, -0.2) is 4.98 Å². The summed E-state index contributed by atoms with van der Waals surface area (Å²) in [6.07, 6.45) is 7.54. The lowest BCUT2D eigenvalue weighted by atomic mass is 9.98. The fourth-order valence-electron chi connectivity index (χ4n) is 5.03. The first-order valence-corrected chi connectivity index (χ1v) is 10.4. The van der Waals surface area contributed by atoms with Gasteiger partial charge in [-0.3, -0.25) is 9.78 Å². The lowest BCUT2D eigenvalue weighted by Gasteiger charge is -2.14. The average molecular weight is 407 g/mol. The molecule has 2 saturated carbocycles. The van der Waals surface area contributed by atoms with Crippen molar-refractivity contribution in [3.8, 4) is 11.1 Å². The third kappa shape index (κ3) is 3.04. The highest BCUT2D eigenvalue weighted by molar-refractivity contribution is 6.39. The van der Waals surface area contributed by atoms with Gasteiger partial charge in [-0.2, -0.15) is 0 Å². The molecule has 3 N–H and O–H groups in total. The van der Waals surface area contributed by atoms with Gasteiger partial charge >= 0.3 is 0 Å². The highest BCUT2D eigenvalue weighted by Gasteiger charge is 2.58. The minimum absolute atomic E-state index is 0.0714. The van der Waals surface area contributed by atoms with E-state index in [1.807, 2.05) is 25.1 Å². The Hall–Kier alpha value is -2.66. The van der Waals surface area contributed by atoms with Gasteiger partial charge in [0.05, 0.1) is 5.02 Å². The van der Waals surface area contributed by atoms with Crippen molar-refractivity contribution in [2.24, 2.45) is 23.7 Å². The molecule has 0 aliphatic heterocycles. The SMILES string of the molecule is Cc1ccncc1-c1cc(N)c2cnc(NC(=O)C3[C@H]4CC(C)C[C@@H]34)cc2c1Cl. The molecule has 0 radical (unpaired) electrons. The van der Waals surface area contributed by atoms with Crippen LogP contribution in [0.3, 0.4) is 0 Å². The maximum absolute atomic E-state index is 12.7. The van der Waals surface area contributed by atoms with E-state index in [-0.39, 0.29) is 11.8 Å². The van der Waals surface area contributed by atoms with Gasteiger partial charge in [0, 0.05) is 52.1 Å². The van der Waals surface area contributed by atoms with Gasteiger partial charge in [0.1, 0.15) is 5.82 Å². The molecule has 2 aromatic heterocycles. The number of nitrogens with one attached hydrogen (secondary N) is 1. The first-order chi connectivity index (χ1) is 13.9. The molecule has 2 unspecified atom stereocenters. The average Bonchev–Trinajstić information content (AvgIpc) is 3.22. The number of amides is 1. The van der Waals surface area contributed by atoms with Crippen molar-refractivity contribution in [3.05, 3.63) is 47.4 Å². The molecule has 5 rings (SSSR count). The van der Waals surface area contributed by atoms with E-state index in [0.29, 0.717) is 28.4 Å². The summed E-state index contributed by atoms with van der Waals surface area (Å²) in [5.74, 6) is 2.55. The number of rotatable bonds is 3. The number of nitrogens with two attached hydrogens (primary N) is 1. The molecule has 2 heterocycles. The second-order valence-corrected chi connectivity index (χ2v) is 8.93. The van der Waals surface area contributed by atoms with Crippen molar-refractivity contribution < 1.29 is 4.79 Å². The van der Waals surface area contributed by atoms with Crippen molar-refractivity contribution in [3.63, 3.8) is 0 Å². The van der Waals surface area contributed by atoms with Crippen LogP contribution in [0, 0.1) is 30.6 Å². The molecule has 6 heteroatoms. The van der Waals surface area contributed by atoms with Crippen LogP contribution in [0.5, 0.6) is 0 Å². The standard InChI is InChI=1S/C23H23ClN4O/c1-11-5-13-14(6-11)21(13)23(29)28-20-8-16-18(10-27-20)19(25)7-15(22(16)24)17-9-26-4-3-12(17)2/h3-4,7-11,13-14,21H,5-6,25H2,1-2H3,(H,27,28,29)/t11?,13-,14+,21?. The van der Waals surface area contributed by atoms with Crippen LogP contribution in [0.1, 0.15) is 25.3 Å². The zero-order chi connectivity index (χ0) is 20.3. The Morgan fingerprint density at radius 3 is 2.66 bits per heavy atom. The molecule has 2 aliphatic rings. The van der Waals surface area contributed by atoms with E-state index in [0.717, 1.165) is 46.2 Å². The predicted octanol–water partition coefficient (Wildman–Crippen LogP) is 5.07. The maximum Gasteiger partial charge on any atom is 0.229 e. The van der Waals surface area contributed by atoms with E-state index < -0.39 is 0 Å². The minimum Gasteiger partial charge on any atom is -0.398 e. The van der Waals surface area contributed by atoms with Crippen molar-refractivity contribution in [2.75, 3.05) is 11.1 Å². The number of halogens is 1. The van der Waals surface area contributed by atoms with Gasteiger partial charge in [0.2, 0.25) is 5.91 Å². The molecule has 0 bridgehead atoms. The van der Waals surface area contributed by atoms with E-state index in [4.69, 9.17) is 17.3 Å². The van der Waals surface area contributed by atoms with Crippen molar-refractivity contribution in [1.29, 1.82) is 0 Å². The summed E-state index contributed by atoms with van der Waals surface area (Å²) in [5.41, 5.74) is 9.72. The lowest BCUT2D eigenvalue weighted by Crippen LogP contribution is -2.18. The van der Waals surface area contributed by atoms with Crippen LogP contribution in [-0.4, -0.2) is 15.9 Å². The highest BCUT2D eigenvalue weighted by atomic mass is 35.5. The Balaban J connectivity index is 1.49. The Kier molecular flexibility index (Phi) is 4.24. The predicted molar refractivity (Wildman–Crippen MR) is 117 cm³/mol. The van der Waals surface area contributed by atoms with E-state index >= 15 is 0 Å². The number of nitrogen functional groups attached to an aromatic ring is 1. The molecular formula is C23H23ClN4O. The summed E-state index contributed by atoms with van der Waals surface area (Å²) < 4.78 is 0. The fourth-order valence-corrected chi connectivity index (χ4v) is 5.34. The summed E-state index contributed by atoms with van der Waals surface area (Å²) in [5, 5.41) is 5.13. The van der Waals surface area contributed by atoms with Crippen LogP contribution in [0.15, 0.2) is 36.8 Å². The highest BCUT2D eigenvalue weighted by Crippen LogP contribution is 2.59. The Morgan fingerprint density at radius 2 is 1.93 bits per heavy atom. The van der Waals surface area contributed by atoms with Crippen LogP contribution in [0.4, 0.5) is 11.5 Å². The second-order valence-electron chi connectivity index (χ2n) is 8.55. The summed E-state index contributed by atoms with van der Waals surface area (Å²) in [4.78, 5) is 21.3. The zero-order valence-corrected chi connectivity index (χ0v) is 17.2. The van der Waals surface area contributed by atoms with Crippen molar-refractivity contribution >= 4 is 39.8 Å². The first kappa shape index (κ1) is 18.4. The van der Waals surface area contributed by atoms with Gasteiger partial charge in [-0.1, -0.05) is 18.5 Å². The molecule has 3 aromatic rings. The number of benzene rings is 1. The summed E-state index contributed by atoms with van der Waals surface area (Å²) in [6, 6.07) is 5.63. The summed E-state index contributed by atoms with van der Waals surface area (Å²) in [7, 11) is 0. The number of anilines is 2. The third-order valence-electron chi connectivity index (χ3n) is 6.55. The molecule has 0 saturated heterocycles. The number of aromatic nitrogens is 2. The Labute approximate surface area is 174 Å². The molecule has 29 heavy (non-hydrogen) atoms. The van der Waals surface area contributed by atoms with E-state index in [1.54, 1.807) is 18.6 Å². The van der Waals surface area contributed by atoms with Gasteiger partial charge in [-0.15, -0.1) is 0 Å². The van der Waals surface area contributed by atoms with E-state index in [2.05, 4.69) is 22.2 Å². The van der Waals surface area contributed by atoms with Gasteiger partial charge in [0.25, 0.3) is 0 Å². The van der Waals surface area contributed by atoms with E-state index in [9.17, 15) is 4.79 Å². The van der Waals surface area contributed by atoms with Gasteiger partial charge < -0.3 is 11.1 Å². The summed E-state index contributed by atoms with van der Waals surface area (Å²) >= 11 is 6.77. The lowest BCUT2D eigenvalue weighted by molar-refractivity contribution is -0.118. The molecule has 4 atom stereocenters. The van der Waals surface area contributed by atoms with Crippen LogP contribution in [0.25, 0.3) is 21.9 Å². The third-order valence-corrected chi connectivity index (χ3v) is 6.96. The Morgan fingerprint density at radius 1 is 1.17 bits per heavy atom. The number of aryl methyl sites for hydroxylation is 1. The number of carbonyl (C=O) groups excluding carboxylic acids is 1. The van der Waals surface area contributed by atoms with Crippen LogP contribution < -0.4 is 11.1 Å². The zero-order valence-electron chi connectivity index (χ0n) is 16.4. The molecule has 148 valence electrons. The molecule has 0 spiro atoms. The maximum atomic E-state index is 12.7.